The second-order valence-corrected chi connectivity index (χ2v) is 11.6. The number of benzene rings is 3. The first kappa shape index (κ1) is 28.8. The average molecular weight is 591 g/mol. The third-order valence-electron chi connectivity index (χ3n) is 5.97. The van der Waals surface area contributed by atoms with Gasteiger partial charge >= 0.3 is 5.97 Å². The van der Waals surface area contributed by atoms with Gasteiger partial charge in [0.2, 0.25) is 6.04 Å². The van der Waals surface area contributed by atoms with Crippen molar-refractivity contribution in [2.24, 2.45) is 15.3 Å². The van der Waals surface area contributed by atoms with Crippen LogP contribution in [0.25, 0.3) is 10.8 Å². The summed E-state index contributed by atoms with van der Waals surface area (Å²) in [6.45, 7) is 1.43. The molecule has 0 saturated heterocycles. The number of hydrogen-bond acceptors (Lipinski definition) is 13. The van der Waals surface area contributed by atoms with Gasteiger partial charge in [0.1, 0.15) is 10.6 Å². The molecule has 1 heterocycles. The highest BCUT2D eigenvalue weighted by Crippen LogP contribution is 2.36. The van der Waals surface area contributed by atoms with Crippen LogP contribution in [0.3, 0.4) is 0 Å². The fourth-order valence-corrected chi connectivity index (χ4v) is 5.41. The molecule has 0 fully saturated rings. The van der Waals surface area contributed by atoms with Gasteiger partial charge in [0.05, 0.1) is 37.6 Å². The average Bonchev–Trinajstić information content (AvgIpc) is 3.28. The number of rotatable bonds is 8. The van der Waals surface area contributed by atoms with Crippen molar-refractivity contribution in [3.05, 3.63) is 54.1 Å². The number of azo groups is 1. The highest BCUT2D eigenvalue weighted by Gasteiger charge is 2.41. The molecule has 1 N–H and O–H groups in total. The number of hydrazone groups is 1. The molecule has 0 radical (unpaired) electrons. The maximum Gasteiger partial charge on any atom is 0.357 e. The standard InChI is InChI=1S/C24H22N4O10S2/c1-13-19(40(34,35)38-4)12-14-11-15(5-10-18(14)22(13)29)25-26-20-21(24(31)36-2)27-28(23(20)30)16-6-8-17(9-7-16)39(32,33)37-3/h5-12,20,29H,1-4H3. The van der Waals surface area contributed by atoms with E-state index in [1.807, 2.05) is 0 Å². The zero-order chi connectivity index (χ0) is 29.4. The van der Waals surface area contributed by atoms with E-state index < -0.39 is 38.2 Å². The van der Waals surface area contributed by atoms with Crippen LogP contribution in [0.4, 0.5) is 11.4 Å². The van der Waals surface area contributed by atoms with E-state index in [1.54, 1.807) is 0 Å². The van der Waals surface area contributed by atoms with Crippen LogP contribution in [0.5, 0.6) is 5.75 Å². The van der Waals surface area contributed by atoms with Gasteiger partial charge in [-0.05, 0) is 60.8 Å². The Bertz CT molecular complexity index is 1800. The summed E-state index contributed by atoms with van der Waals surface area (Å²) in [6.07, 6.45) is 0. The first-order valence-corrected chi connectivity index (χ1v) is 14.1. The summed E-state index contributed by atoms with van der Waals surface area (Å²) in [5.74, 6) is -1.97. The van der Waals surface area contributed by atoms with Gasteiger partial charge in [-0.25, -0.2) is 4.79 Å². The molecule has 0 aliphatic carbocycles. The highest BCUT2D eigenvalue weighted by molar-refractivity contribution is 7.87. The summed E-state index contributed by atoms with van der Waals surface area (Å²) in [5.41, 5.74) is 0.0447. The van der Waals surface area contributed by atoms with Crippen LogP contribution >= 0.6 is 0 Å². The molecule has 4 rings (SSSR count). The number of esters is 1. The second kappa shape index (κ2) is 10.7. The van der Waals surface area contributed by atoms with E-state index in [0.29, 0.717) is 10.8 Å². The van der Waals surface area contributed by atoms with Gasteiger partial charge in [-0.2, -0.15) is 37.2 Å². The summed E-state index contributed by atoms with van der Waals surface area (Å²) in [7, 11) is -4.99. The number of hydrogen-bond donors (Lipinski definition) is 1. The van der Waals surface area contributed by atoms with E-state index in [2.05, 4.69) is 23.7 Å². The molecule has 0 aromatic heterocycles. The Kier molecular flexibility index (Phi) is 7.71. The minimum atomic E-state index is -4.12. The third kappa shape index (κ3) is 5.16. The van der Waals surface area contributed by atoms with E-state index in [0.717, 1.165) is 26.3 Å². The predicted molar refractivity (Wildman–Crippen MR) is 140 cm³/mol. The Morgan fingerprint density at radius 2 is 1.62 bits per heavy atom. The number of methoxy groups -OCH3 is 1. The van der Waals surface area contributed by atoms with E-state index >= 15 is 0 Å². The monoisotopic (exact) mass is 590 g/mol. The smallest absolute Gasteiger partial charge is 0.357 e. The van der Waals surface area contributed by atoms with Crippen molar-refractivity contribution in [2.75, 3.05) is 26.3 Å². The van der Waals surface area contributed by atoms with Gasteiger partial charge in [0, 0.05) is 10.9 Å². The molecule has 3 aromatic carbocycles. The molecule has 1 atom stereocenters. The van der Waals surface area contributed by atoms with Gasteiger partial charge in [-0.1, -0.05) is 0 Å². The normalized spacial score (nSPS) is 16.1. The number of nitrogens with zero attached hydrogens (tertiary/aromatic N) is 4. The van der Waals surface area contributed by atoms with Crippen LogP contribution in [-0.4, -0.2) is 66.9 Å². The molecular weight excluding hydrogens is 568 g/mol. The zero-order valence-electron chi connectivity index (χ0n) is 21.4. The Morgan fingerprint density at radius 1 is 0.975 bits per heavy atom. The lowest BCUT2D eigenvalue weighted by Crippen LogP contribution is -2.33. The zero-order valence-corrected chi connectivity index (χ0v) is 23.1. The minimum absolute atomic E-state index is 0.104. The fraction of sp³-hybridized carbons (Fsp3) is 0.208. The lowest BCUT2D eigenvalue weighted by Gasteiger charge is -2.13. The van der Waals surface area contributed by atoms with Crippen molar-refractivity contribution < 1.29 is 44.6 Å². The van der Waals surface area contributed by atoms with E-state index in [-0.39, 0.29) is 38.2 Å². The van der Waals surface area contributed by atoms with Crippen molar-refractivity contribution in [3.63, 3.8) is 0 Å². The van der Waals surface area contributed by atoms with Crippen molar-refractivity contribution in [1.82, 2.24) is 0 Å². The molecule has 210 valence electrons. The largest absolute Gasteiger partial charge is 0.507 e. The number of phenols is 1. The molecule has 16 heteroatoms. The number of carbonyl (C=O) groups is 2. The quantitative estimate of drug-likeness (QED) is 0.232. The molecule has 0 spiro atoms. The van der Waals surface area contributed by atoms with Gasteiger partial charge < -0.3 is 9.84 Å². The van der Waals surface area contributed by atoms with Gasteiger partial charge in [0.15, 0.2) is 5.71 Å². The molecule has 1 amide bonds. The number of amides is 1. The predicted octanol–water partition coefficient (Wildman–Crippen LogP) is 2.55. The second-order valence-electron chi connectivity index (χ2n) is 8.23. The van der Waals surface area contributed by atoms with Crippen LogP contribution in [0.1, 0.15) is 5.56 Å². The van der Waals surface area contributed by atoms with Crippen LogP contribution in [0.2, 0.25) is 0 Å². The Hall–Kier alpha value is -4.25. The van der Waals surface area contributed by atoms with Crippen molar-refractivity contribution in [3.8, 4) is 5.75 Å². The number of aromatic hydroxyl groups is 1. The highest BCUT2D eigenvalue weighted by atomic mass is 32.2. The van der Waals surface area contributed by atoms with Crippen LogP contribution in [0.15, 0.2) is 73.7 Å². The molecule has 1 aliphatic rings. The van der Waals surface area contributed by atoms with Crippen molar-refractivity contribution in [2.45, 2.75) is 22.8 Å². The maximum atomic E-state index is 13.2. The molecule has 1 unspecified atom stereocenters. The lowest BCUT2D eigenvalue weighted by atomic mass is 10.1. The maximum absolute atomic E-state index is 13.2. The molecule has 0 bridgehead atoms. The van der Waals surface area contributed by atoms with Gasteiger partial charge in [-0.3, -0.25) is 13.2 Å². The topological polar surface area (TPSA) is 191 Å². The van der Waals surface area contributed by atoms with Gasteiger partial charge in [-0.15, -0.1) is 0 Å². The third-order valence-corrected chi connectivity index (χ3v) is 8.66. The summed E-state index contributed by atoms with van der Waals surface area (Å²) >= 11 is 0. The van der Waals surface area contributed by atoms with Crippen molar-refractivity contribution in [1.29, 1.82) is 0 Å². The Balaban J connectivity index is 1.70. The molecule has 3 aromatic rings. The summed E-state index contributed by atoms with van der Waals surface area (Å²) in [6, 6.07) is 9.19. The fourth-order valence-electron chi connectivity index (χ4n) is 3.83. The summed E-state index contributed by atoms with van der Waals surface area (Å²) in [5, 5.41) is 24.1. The number of phenolic OH excluding ortho intramolecular Hbond substituents is 1. The lowest BCUT2D eigenvalue weighted by molar-refractivity contribution is -0.133. The minimum Gasteiger partial charge on any atom is -0.507 e. The van der Waals surface area contributed by atoms with E-state index in [4.69, 9.17) is 4.74 Å². The van der Waals surface area contributed by atoms with Crippen LogP contribution in [0, 0.1) is 6.92 Å². The first-order chi connectivity index (χ1) is 18.8. The van der Waals surface area contributed by atoms with Crippen LogP contribution < -0.4 is 5.01 Å². The van der Waals surface area contributed by atoms with E-state index in [1.165, 1.54) is 55.5 Å². The Morgan fingerprint density at radius 3 is 2.23 bits per heavy atom. The molecule has 14 nitrogen and oxygen atoms in total. The molecule has 0 saturated carbocycles. The summed E-state index contributed by atoms with van der Waals surface area (Å²) in [4.78, 5) is 25.1. The van der Waals surface area contributed by atoms with Gasteiger partial charge in [0.25, 0.3) is 26.1 Å². The number of carbonyl (C=O) groups excluding carboxylic acids is 2. The number of fused-ring (bicyclic) bond motifs is 1. The van der Waals surface area contributed by atoms with Crippen molar-refractivity contribution >= 4 is 60.0 Å². The molecule has 40 heavy (non-hydrogen) atoms. The first-order valence-electron chi connectivity index (χ1n) is 11.2. The number of anilines is 1. The van der Waals surface area contributed by atoms with Crippen LogP contribution in [-0.2, 0) is 42.9 Å². The summed E-state index contributed by atoms with van der Waals surface area (Å²) < 4.78 is 62.1. The molecule has 1 aliphatic heterocycles. The Labute approximate surface area is 228 Å². The van der Waals surface area contributed by atoms with E-state index in [9.17, 15) is 31.5 Å². The SMILES string of the molecule is COC(=O)C1=NN(c2ccc(S(=O)(=O)OC)cc2)C(=O)C1N=Nc1ccc2c(O)c(C)c(S(=O)(=O)OC)cc2c1. The molecular formula is C24H22N4O10S2. The number of ether oxygens (including phenoxy) is 1.